The number of hydrogen-bond donors (Lipinski definition) is 0. The summed E-state index contributed by atoms with van der Waals surface area (Å²) in [4.78, 5) is 10.3. The van der Waals surface area contributed by atoms with Gasteiger partial charge in [0.1, 0.15) is 16.8 Å². The topological polar surface area (TPSA) is 48.3 Å². The molecule has 5 heterocycles. The maximum Gasteiger partial charge on any atom is 0.180 e. The third-order valence-corrected chi connectivity index (χ3v) is 11.6. The van der Waals surface area contributed by atoms with Crippen molar-refractivity contribution in [1.82, 2.24) is 18.9 Å². The molecule has 0 aliphatic heterocycles. The zero-order chi connectivity index (χ0) is 35.8. The second-order valence-corrected chi connectivity index (χ2v) is 14.5. The third kappa shape index (κ3) is 3.86. The lowest BCUT2D eigenvalue weighted by Gasteiger charge is -2.10. The number of para-hydroxylation sites is 3. The van der Waals surface area contributed by atoms with E-state index in [-0.39, 0.29) is 0 Å². The molecule has 13 rings (SSSR count). The van der Waals surface area contributed by atoms with Gasteiger partial charge in [-0.1, -0.05) is 103 Å². The van der Waals surface area contributed by atoms with Gasteiger partial charge in [-0.15, -0.1) is 0 Å². The van der Waals surface area contributed by atoms with Crippen molar-refractivity contribution < 1.29 is 4.42 Å². The molecule has 13 aromatic rings. The Kier molecular flexibility index (Phi) is 5.57. The molecule has 0 saturated carbocycles. The van der Waals surface area contributed by atoms with Gasteiger partial charge in [0.15, 0.2) is 11.4 Å². The smallest absolute Gasteiger partial charge is 0.180 e. The molecule has 0 atom stereocenters. The Morgan fingerprint density at radius 2 is 1.11 bits per heavy atom. The van der Waals surface area contributed by atoms with Gasteiger partial charge in [0.05, 0.1) is 27.6 Å². The van der Waals surface area contributed by atoms with E-state index in [0.717, 1.165) is 39.0 Å². The van der Waals surface area contributed by atoms with E-state index in [1.54, 1.807) is 0 Å². The van der Waals surface area contributed by atoms with E-state index in [1.807, 2.05) is 36.4 Å². The fourth-order valence-electron chi connectivity index (χ4n) is 9.25. The minimum Gasteiger partial charge on any atom is -0.452 e. The molecule has 0 spiro atoms. The summed E-state index contributed by atoms with van der Waals surface area (Å²) in [5.74, 6) is 0.665. The first kappa shape index (κ1) is 29.0. The normalized spacial score (nSPS) is 12.4. The van der Waals surface area contributed by atoms with Crippen molar-refractivity contribution >= 4 is 92.7 Å². The van der Waals surface area contributed by atoms with Crippen molar-refractivity contribution in [1.29, 1.82) is 0 Å². The second-order valence-electron chi connectivity index (χ2n) is 14.5. The summed E-state index contributed by atoms with van der Waals surface area (Å²) in [5.41, 5.74) is 12.3. The van der Waals surface area contributed by atoms with Crippen LogP contribution in [-0.4, -0.2) is 18.9 Å². The van der Waals surface area contributed by atoms with Crippen LogP contribution in [0.25, 0.3) is 121 Å². The lowest BCUT2D eigenvalue weighted by atomic mass is 10.0. The zero-order valence-electron chi connectivity index (χ0n) is 29.4. The number of nitrogens with zero attached hydrogens (tertiary/aromatic N) is 4. The van der Waals surface area contributed by atoms with Crippen LogP contribution in [0.2, 0.25) is 0 Å². The van der Waals surface area contributed by atoms with Crippen molar-refractivity contribution in [2.45, 2.75) is 0 Å². The highest BCUT2D eigenvalue weighted by Crippen LogP contribution is 2.47. The van der Waals surface area contributed by atoms with Gasteiger partial charge in [-0.25, -0.2) is 9.97 Å². The fourth-order valence-corrected chi connectivity index (χ4v) is 9.25. The number of hydrogen-bond acceptors (Lipinski definition) is 3. The van der Waals surface area contributed by atoms with Gasteiger partial charge in [-0.2, -0.15) is 0 Å². The Hall–Kier alpha value is -7.50. The summed E-state index contributed by atoms with van der Waals surface area (Å²) in [5, 5.41) is 11.1. The molecule has 55 heavy (non-hydrogen) atoms. The molecule has 5 aromatic heterocycles. The first-order valence-electron chi connectivity index (χ1n) is 18.7. The van der Waals surface area contributed by atoms with Gasteiger partial charge in [-0.3, -0.25) is 0 Å². The van der Waals surface area contributed by atoms with Crippen LogP contribution in [0.1, 0.15) is 0 Å². The van der Waals surface area contributed by atoms with Crippen LogP contribution < -0.4 is 0 Å². The van der Waals surface area contributed by atoms with Crippen molar-refractivity contribution in [2.75, 3.05) is 0 Å². The van der Waals surface area contributed by atoms with E-state index in [1.165, 1.54) is 70.7 Å². The van der Waals surface area contributed by atoms with E-state index in [2.05, 4.69) is 142 Å². The van der Waals surface area contributed by atoms with Crippen molar-refractivity contribution in [3.63, 3.8) is 0 Å². The highest BCUT2D eigenvalue weighted by molar-refractivity contribution is 6.36. The summed E-state index contributed by atoms with van der Waals surface area (Å²) >= 11 is 0. The summed E-state index contributed by atoms with van der Waals surface area (Å²) < 4.78 is 11.3. The lowest BCUT2D eigenvalue weighted by Crippen LogP contribution is -1.96. The Labute approximate surface area is 313 Å². The van der Waals surface area contributed by atoms with Gasteiger partial charge >= 0.3 is 0 Å². The maximum atomic E-state index is 6.37. The summed E-state index contributed by atoms with van der Waals surface area (Å²) in [6.07, 6.45) is 0. The minimum atomic E-state index is 0.665. The fraction of sp³-hybridized carbons (Fsp3) is 0. The zero-order valence-corrected chi connectivity index (χ0v) is 29.4. The van der Waals surface area contributed by atoms with Gasteiger partial charge in [0.25, 0.3) is 0 Å². The molecular formula is C50H28N4O. The van der Waals surface area contributed by atoms with E-state index in [0.29, 0.717) is 11.4 Å². The Balaban J connectivity index is 1.08. The second kappa shape index (κ2) is 10.6. The number of rotatable bonds is 3. The van der Waals surface area contributed by atoms with Gasteiger partial charge in [0, 0.05) is 54.5 Å². The molecular weight excluding hydrogens is 673 g/mol. The van der Waals surface area contributed by atoms with Crippen molar-refractivity contribution in [2.24, 2.45) is 0 Å². The summed E-state index contributed by atoms with van der Waals surface area (Å²) in [7, 11) is 0. The average molecular weight is 701 g/mol. The van der Waals surface area contributed by atoms with Crippen LogP contribution in [0.4, 0.5) is 0 Å². The molecule has 0 amide bonds. The molecule has 0 unspecified atom stereocenters. The van der Waals surface area contributed by atoms with Crippen LogP contribution in [0.3, 0.4) is 0 Å². The molecule has 0 saturated heterocycles. The Bertz CT molecular complexity index is 3700. The number of benzene rings is 8. The number of furan rings is 1. The molecule has 0 aliphatic carbocycles. The van der Waals surface area contributed by atoms with E-state index in [4.69, 9.17) is 14.4 Å². The first-order valence-corrected chi connectivity index (χ1v) is 18.7. The molecule has 0 bridgehead atoms. The van der Waals surface area contributed by atoms with Crippen molar-refractivity contribution in [3.05, 3.63) is 170 Å². The maximum absolute atomic E-state index is 6.37. The molecule has 0 fully saturated rings. The average Bonchev–Trinajstić information content (AvgIpc) is 3.98. The predicted molar refractivity (Wildman–Crippen MR) is 227 cm³/mol. The van der Waals surface area contributed by atoms with Gasteiger partial charge in [-0.05, 0) is 77.5 Å². The van der Waals surface area contributed by atoms with E-state index < -0.39 is 0 Å². The quantitative estimate of drug-likeness (QED) is 0.184. The first-order chi connectivity index (χ1) is 27.3. The monoisotopic (exact) mass is 700 g/mol. The molecule has 5 nitrogen and oxygen atoms in total. The Morgan fingerprint density at radius 3 is 1.93 bits per heavy atom. The molecule has 0 N–H and O–H groups in total. The van der Waals surface area contributed by atoms with Crippen molar-refractivity contribution in [3.8, 4) is 28.3 Å². The largest absolute Gasteiger partial charge is 0.452 e. The lowest BCUT2D eigenvalue weighted by molar-refractivity contribution is 0.667. The molecule has 0 aliphatic rings. The number of aromatic nitrogens is 4. The van der Waals surface area contributed by atoms with Gasteiger partial charge in [0.2, 0.25) is 0 Å². The minimum absolute atomic E-state index is 0.665. The van der Waals surface area contributed by atoms with Crippen LogP contribution in [0.5, 0.6) is 0 Å². The van der Waals surface area contributed by atoms with E-state index >= 15 is 0 Å². The van der Waals surface area contributed by atoms with Crippen LogP contribution >= 0.6 is 0 Å². The van der Waals surface area contributed by atoms with Crippen LogP contribution in [0, 0.1) is 0 Å². The summed E-state index contributed by atoms with van der Waals surface area (Å²) in [6, 6.07) is 60.6. The standard InChI is InChI=1S/C50H28N4O/c1-2-12-29(13-3-1)46-49-47(36-18-8-11-21-43(36)55-49)52-50(51-46)30-22-24-33(25-23-30)53-39-19-9-6-16-34(39)44-42(53)28-38-37-26-31-14-4-5-15-32(31)27-41(37)54-40-20-10-7-17-35(40)45(44)48(38)54/h1-28H. The number of fused-ring (bicyclic) bond motifs is 14. The molecule has 8 aromatic carbocycles. The highest BCUT2D eigenvalue weighted by atomic mass is 16.3. The van der Waals surface area contributed by atoms with Gasteiger partial charge < -0.3 is 13.4 Å². The summed E-state index contributed by atoms with van der Waals surface area (Å²) in [6.45, 7) is 0. The Morgan fingerprint density at radius 1 is 0.436 bits per heavy atom. The SMILES string of the molecule is c1ccc(-c2nc(-c3ccc(-n4c5ccccc5c5c6c7ccccc7n7c8cc9ccccc9cc8c(cc54)c67)cc3)nc3c2oc2ccccc23)cc1. The molecule has 0 radical (unpaired) electrons. The highest BCUT2D eigenvalue weighted by Gasteiger charge is 2.25. The molecule has 254 valence electrons. The van der Waals surface area contributed by atoms with Crippen LogP contribution in [0.15, 0.2) is 174 Å². The molecule has 5 heteroatoms. The van der Waals surface area contributed by atoms with Crippen LogP contribution in [-0.2, 0) is 0 Å². The van der Waals surface area contributed by atoms with E-state index in [9.17, 15) is 0 Å². The third-order valence-electron chi connectivity index (χ3n) is 11.6. The predicted octanol–water partition coefficient (Wildman–Crippen LogP) is 13.1.